The van der Waals surface area contributed by atoms with E-state index in [-0.39, 0.29) is 29.4 Å². The number of aromatic nitrogens is 3. The first-order valence-electron chi connectivity index (χ1n) is 12.5. The molecule has 1 fully saturated rings. The second-order valence-electron chi connectivity index (χ2n) is 10.4. The van der Waals surface area contributed by atoms with Gasteiger partial charge in [-0.25, -0.2) is 24.6 Å². The van der Waals surface area contributed by atoms with Gasteiger partial charge in [0.15, 0.2) is 10.8 Å². The number of nitrogens with zero attached hydrogens (tertiary/aromatic N) is 5. The highest BCUT2D eigenvalue weighted by Crippen LogP contribution is 2.39. The molecule has 1 aliphatic heterocycles. The van der Waals surface area contributed by atoms with Gasteiger partial charge in [-0.3, -0.25) is 9.59 Å². The fourth-order valence-corrected chi connectivity index (χ4v) is 5.16. The average Bonchev–Trinajstić information content (AvgIpc) is 3.24. The Kier molecular flexibility index (Phi) is 8.19. The van der Waals surface area contributed by atoms with Gasteiger partial charge < -0.3 is 20.6 Å². The zero-order chi connectivity index (χ0) is 30.1. The first-order valence-corrected chi connectivity index (χ1v) is 13.3. The molecule has 0 saturated carbocycles. The summed E-state index contributed by atoms with van der Waals surface area (Å²) in [5, 5.41) is 16.0. The Hall–Kier alpha value is -4.27. The van der Waals surface area contributed by atoms with Crippen LogP contribution in [0.15, 0.2) is 30.6 Å². The third-order valence-corrected chi connectivity index (χ3v) is 7.16. The topological polar surface area (TPSA) is 141 Å². The number of hydrogen-bond donors (Lipinski definition) is 3. The van der Waals surface area contributed by atoms with Gasteiger partial charge in [0.1, 0.15) is 0 Å². The third-order valence-electron chi connectivity index (χ3n) is 6.05. The summed E-state index contributed by atoms with van der Waals surface area (Å²) in [4.78, 5) is 51.3. The van der Waals surface area contributed by atoms with Crippen LogP contribution in [0.2, 0.25) is 0 Å². The lowest BCUT2D eigenvalue weighted by molar-refractivity contribution is -0.142. The molecular weight excluding hydrogens is 563 g/mol. The number of thiazole rings is 1. The smallest absolute Gasteiger partial charge is 0.433 e. The predicted octanol–water partition coefficient (Wildman–Crippen LogP) is 5.02. The molecule has 4 rings (SSSR count). The first kappa shape index (κ1) is 29.7. The summed E-state index contributed by atoms with van der Waals surface area (Å²) in [6.07, 6.45) is -3.25. The van der Waals surface area contributed by atoms with Crippen molar-refractivity contribution in [1.29, 1.82) is 0 Å². The Bertz CT molecular complexity index is 1490. The summed E-state index contributed by atoms with van der Waals surface area (Å²) in [6, 6.07) is 4.32. The lowest BCUT2D eigenvalue weighted by Crippen LogP contribution is -2.32. The molecule has 3 heterocycles. The molecular formula is C26H28F3N7O4S. The molecule has 1 aliphatic rings. The molecule has 0 aliphatic carbocycles. The molecule has 3 aromatic rings. The first-order chi connectivity index (χ1) is 19.1. The molecule has 41 heavy (non-hydrogen) atoms. The number of alkyl halides is 3. The number of anilines is 4. The average molecular weight is 592 g/mol. The fraction of sp³-hybridized carbons (Fsp3) is 0.385. The quantitative estimate of drug-likeness (QED) is 0.376. The highest BCUT2D eigenvalue weighted by atomic mass is 32.1. The van der Waals surface area contributed by atoms with Crippen LogP contribution in [0.3, 0.4) is 0 Å². The number of rotatable bonds is 5. The predicted molar refractivity (Wildman–Crippen MR) is 148 cm³/mol. The van der Waals surface area contributed by atoms with Crippen molar-refractivity contribution in [3.05, 3.63) is 41.9 Å². The minimum absolute atomic E-state index is 0.0977. The van der Waals surface area contributed by atoms with Gasteiger partial charge in [-0.05, 0) is 35.6 Å². The maximum absolute atomic E-state index is 14.0. The van der Waals surface area contributed by atoms with Crippen molar-refractivity contribution in [2.45, 2.75) is 45.7 Å². The van der Waals surface area contributed by atoms with Crippen molar-refractivity contribution in [3.8, 4) is 10.4 Å². The van der Waals surface area contributed by atoms with E-state index in [1.165, 1.54) is 30.4 Å². The highest BCUT2D eigenvalue weighted by Gasteiger charge is 2.40. The Morgan fingerprint density at radius 1 is 1.15 bits per heavy atom. The number of carboxylic acid groups (broad SMARTS) is 1. The Morgan fingerprint density at radius 2 is 1.88 bits per heavy atom. The molecule has 3 amide bonds. The zero-order valence-corrected chi connectivity index (χ0v) is 23.5. The summed E-state index contributed by atoms with van der Waals surface area (Å²) in [7, 11) is 0. The van der Waals surface area contributed by atoms with Crippen LogP contribution in [0.4, 0.5) is 40.4 Å². The molecule has 1 saturated heterocycles. The number of amides is 3. The van der Waals surface area contributed by atoms with E-state index in [4.69, 9.17) is 0 Å². The van der Waals surface area contributed by atoms with E-state index >= 15 is 0 Å². The Labute approximate surface area is 237 Å². The van der Waals surface area contributed by atoms with Gasteiger partial charge in [0.2, 0.25) is 17.8 Å². The SMILES string of the molecule is CC(=O)Nc1cc(-c2cnc(N3CCCNC(=O)C3)s2)cc(N(C(=O)O)c2ncc(C(C)(C)C)c(C(F)(F)F)n2)c1. The van der Waals surface area contributed by atoms with Crippen LogP contribution in [0.1, 0.15) is 45.4 Å². The van der Waals surface area contributed by atoms with E-state index in [1.54, 1.807) is 33.0 Å². The molecule has 0 spiro atoms. The second-order valence-corrected chi connectivity index (χ2v) is 11.4. The van der Waals surface area contributed by atoms with Crippen LogP contribution in [0, 0.1) is 0 Å². The molecule has 3 N–H and O–H groups in total. The van der Waals surface area contributed by atoms with Gasteiger partial charge in [-0.2, -0.15) is 13.2 Å². The number of nitrogens with one attached hydrogen (secondary N) is 2. The van der Waals surface area contributed by atoms with Crippen LogP contribution in [0.5, 0.6) is 0 Å². The minimum Gasteiger partial charge on any atom is -0.464 e. The lowest BCUT2D eigenvalue weighted by atomic mass is 9.86. The van der Waals surface area contributed by atoms with E-state index in [2.05, 4.69) is 25.6 Å². The summed E-state index contributed by atoms with van der Waals surface area (Å²) in [6.45, 7) is 7.25. The highest BCUT2D eigenvalue weighted by molar-refractivity contribution is 7.18. The fourth-order valence-electron chi connectivity index (χ4n) is 4.23. The monoisotopic (exact) mass is 591 g/mol. The normalized spacial score (nSPS) is 14.3. The molecule has 2 aromatic heterocycles. The van der Waals surface area contributed by atoms with E-state index in [0.29, 0.717) is 33.6 Å². The number of benzene rings is 1. The Morgan fingerprint density at radius 3 is 2.51 bits per heavy atom. The van der Waals surface area contributed by atoms with Crippen molar-refractivity contribution in [2.24, 2.45) is 0 Å². The van der Waals surface area contributed by atoms with Crippen LogP contribution in [0.25, 0.3) is 10.4 Å². The number of carbonyl (C=O) groups is 3. The zero-order valence-electron chi connectivity index (χ0n) is 22.7. The molecule has 15 heteroatoms. The molecule has 0 bridgehead atoms. The van der Waals surface area contributed by atoms with Crippen LogP contribution < -0.4 is 20.4 Å². The van der Waals surface area contributed by atoms with Gasteiger partial charge in [0, 0.05) is 43.7 Å². The van der Waals surface area contributed by atoms with Crippen LogP contribution in [-0.2, 0) is 21.2 Å². The summed E-state index contributed by atoms with van der Waals surface area (Å²) in [5.74, 6) is -1.29. The van der Waals surface area contributed by atoms with E-state index in [1.807, 2.05) is 4.90 Å². The van der Waals surface area contributed by atoms with E-state index in [9.17, 15) is 32.7 Å². The van der Waals surface area contributed by atoms with Gasteiger partial charge in [0.25, 0.3) is 0 Å². The van der Waals surface area contributed by atoms with Gasteiger partial charge >= 0.3 is 12.3 Å². The van der Waals surface area contributed by atoms with Crippen molar-refractivity contribution >= 4 is 51.7 Å². The second kappa shape index (κ2) is 11.3. The van der Waals surface area contributed by atoms with E-state index in [0.717, 1.165) is 12.6 Å². The summed E-state index contributed by atoms with van der Waals surface area (Å²) < 4.78 is 42.0. The molecule has 218 valence electrons. The van der Waals surface area contributed by atoms with Gasteiger partial charge in [-0.1, -0.05) is 32.1 Å². The van der Waals surface area contributed by atoms with Crippen molar-refractivity contribution in [1.82, 2.24) is 20.3 Å². The lowest BCUT2D eigenvalue weighted by Gasteiger charge is -2.25. The number of hydrogen-bond acceptors (Lipinski definition) is 8. The molecule has 0 atom stereocenters. The van der Waals surface area contributed by atoms with Crippen molar-refractivity contribution in [3.63, 3.8) is 0 Å². The van der Waals surface area contributed by atoms with E-state index < -0.39 is 35.2 Å². The molecule has 1 aromatic carbocycles. The van der Waals surface area contributed by atoms with Gasteiger partial charge in [0.05, 0.1) is 17.1 Å². The molecule has 0 unspecified atom stereocenters. The van der Waals surface area contributed by atoms with Crippen LogP contribution >= 0.6 is 11.3 Å². The maximum Gasteiger partial charge on any atom is 0.433 e. The molecule has 11 nitrogen and oxygen atoms in total. The summed E-state index contributed by atoms with van der Waals surface area (Å²) in [5.41, 5.74) is -1.86. The largest absolute Gasteiger partial charge is 0.464 e. The van der Waals surface area contributed by atoms with Gasteiger partial charge in [-0.15, -0.1) is 0 Å². The minimum atomic E-state index is -4.86. The maximum atomic E-state index is 14.0. The van der Waals surface area contributed by atoms with Crippen LogP contribution in [-0.4, -0.2) is 57.6 Å². The third kappa shape index (κ3) is 6.90. The molecule has 0 radical (unpaired) electrons. The Balaban J connectivity index is 1.82. The standard InChI is InChI=1S/C26H28F3N7O4S/c1-14(37)33-16-8-15(19-12-32-23(41-19)35-7-5-6-30-20(38)13-35)9-17(10-16)36(24(39)40)22-31-11-18(25(2,3)4)21(34-22)26(27,28)29/h8-12H,5-7,13H2,1-4H3,(H,30,38)(H,33,37)(H,39,40). The van der Waals surface area contributed by atoms with Crippen molar-refractivity contribution in [2.75, 3.05) is 34.8 Å². The number of carbonyl (C=O) groups excluding carboxylic acids is 2. The number of halogens is 3. The van der Waals surface area contributed by atoms with Crippen molar-refractivity contribution < 1.29 is 32.7 Å². The summed E-state index contributed by atoms with van der Waals surface area (Å²) >= 11 is 1.24.